The highest BCUT2D eigenvalue weighted by Gasteiger charge is 2.30. The van der Waals surface area contributed by atoms with Crippen molar-refractivity contribution in [2.24, 2.45) is 0 Å². The Morgan fingerprint density at radius 1 is 1.50 bits per heavy atom. The Kier molecular flexibility index (Phi) is 4.25. The van der Waals surface area contributed by atoms with Crippen LogP contribution in [0.2, 0.25) is 5.02 Å². The molecule has 1 saturated heterocycles. The second-order valence-electron chi connectivity index (χ2n) is 4.53. The van der Waals surface area contributed by atoms with Crippen molar-refractivity contribution in [3.8, 4) is 0 Å². The molecule has 0 saturated carbocycles. The van der Waals surface area contributed by atoms with Crippen LogP contribution in [0.1, 0.15) is 15.9 Å². The van der Waals surface area contributed by atoms with E-state index in [4.69, 9.17) is 21.4 Å². The number of nitrogens with zero attached hydrogens (tertiary/aromatic N) is 1. The van der Waals surface area contributed by atoms with Gasteiger partial charge in [-0.25, -0.2) is 9.18 Å². The molecule has 7 heteroatoms. The molecule has 1 fully saturated rings. The number of hydrogen-bond donors (Lipinski definition) is 1. The number of benzene rings is 1. The lowest BCUT2D eigenvalue weighted by atomic mass is 10.1. The lowest BCUT2D eigenvalue weighted by molar-refractivity contribution is -0.154. The summed E-state index contributed by atoms with van der Waals surface area (Å²) in [6.45, 7) is 1.89. The number of aryl methyl sites for hydroxylation is 1. The standard InChI is InChI=1S/C13H13ClFNO4/c1-7-4-8(9(14)5-10(7)15)12(17)16-2-3-20-11(6-16)13(18)19/h4-5,11H,2-3,6H2,1H3,(H,18,19). The predicted octanol–water partition coefficient (Wildman–Crippen LogP) is 1.71. The molecule has 0 bridgehead atoms. The van der Waals surface area contributed by atoms with Crippen molar-refractivity contribution in [1.29, 1.82) is 0 Å². The van der Waals surface area contributed by atoms with Gasteiger partial charge < -0.3 is 14.7 Å². The van der Waals surface area contributed by atoms with E-state index >= 15 is 0 Å². The molecule has 2 rings (SSSR count). The van der Waals surface area contributed by atoms with Gasteiger partial charge in [-0.2, -0.15) is 0 Å². The molecular formula is C13H13ClFNO4. The number of aliphatic carboxylic acids is 1. The average molecular weight is 302 g/mol. The number of rotatable bonds is 2. The minimum absolute atomic E-state index is 0.0106. The first kappa shape index (κ1) is 14.7. The molecule has 0 aromatic heterocycles. The third kappa shape index (κ3) is 2.91. The molecule has 0 radical (unpaired) electrons. The van der Waals surface area contributed by atoms with E-state index in [-0.39, 0.29) is 30.3 Å². The van der Waals surface area contributed by atoms with Crippen LogP contribution in [-0.2, 0) is 9.53 Å². The van der Waals surface area contributed by atoms with Crippen molar-refractivity contribution in [2.45, 2.75) is 13.0 Å². The molecule has 20 heavy (non-hydrogen) atoms. The van der Waals surface area contributed by atoms with Gasteiger partial charge in [0.05, 0.1) is 23.7 Å². The number of carbonyl (C=O) groups is 2. The van der Waals surface area contributed by atoms with Crippen LogP contribution in [0.3, 0.4) is 0 Å². The molecular weight excluding hydrogens is 289 g/mol. The van der Waals surface area contributed by atoms with Gasteiger partial charge in [0, 0.05) is 6.54 Å². The molecule has 1 aliphatic rings. The van der Waals surface area contributed by atoms with Crippen LogP contribution < -0.4 is 0 Å². The van der Waals surface area contributed by atoms with E-state index in [2.05, 4.69) is 0 Å². The molecule has 108 valence electrons. The zero-order valence-corrected chi connectivity index (χ0v) is 11.5. The van der Waals surface area contributed by atoms with Crippen LogP contribution in [0.4, 0.5) is 4.39 Å². The van der Waals surface area contributed by atoms with E-state index in [0.29, 0.717) is 5.56 Å². The van der Waals surface area contributed by atoms with Gasteiger partial charge in [-0.3, -0.25) is 4.79 Å². The Labute approximate surface area is 119 Å². The van der Waals surface area contributed by atoms with Gasteiger partial charge in [0.15, 0.2) is 6.10 Å². The number of morpholine rings is 1. The van der Waals surface area contributed by atoms with E-state index in [1.165, 1.54) is 17.9 Å². The molecule has 1 aromatic rings. The Morgan fingerprint density at radius 3 is 2.85 bits per heavy atom. The summed E-state index contributed by atoms with van der Waals surface area (Å²) in [4.78, 5) is 24.6. The van der Waals surface area contributed by atoms with Crippen LogP contribution in [0.15, 0.2) is 12.1 Å². The third-order valence-electron chi connectivity index (χ3n) is 3.11. The van der Waals surface area contributed by atoms with Crippen molar-refractivity contribution in [3.05, 3.63) is 34.1 Å². The van der Waals surface area contributed by atoms with Gasteiger partial charge >= 0.3 is 5.97 Å². The number of hydrogen-bond acceptors (Lipinski definition) is 3. The van der Waals surface area contributed by atoms with Crippen molar-refractivity contribution < 1.29 is 23.8 Å². The maximum Gasteiger partial charge on any atom is 0.334 e. The first-order chi connectivity index (χ1) is 9.40. The number of halogens is 2. The van der Waals surface area contributed by atoms with E-state index in [9.17, 15) is 14.0 Å². The Bertz CT molecular complexity index is 564. The maximum absolute atomic E-state index is 13.3. The van der Waals surface area contributed by atoms with Gasteiger partial charge in [-0.1, -0.05) is 11.6 Å². The molecule has 0 spiro atoms. The van der Waals surface area contributed by atoms with Crippen molar-refractivity contribution in [1.82, 2.24) is 4.90 Å². The Morgan fingerprint density at radius 2 is 2.20 bits per heavy atom. The molecule has 0 aliphatic carbocycles. The van der Waals surface area contributed by atoms with Crippen molar-refractivity contribution >= 4 is 23.5 Å². The minimum Gasteiger partial charge on any atom is -0.479 e. The van der Waals surface area contributed by atoms with Gasteiger partial charge in [0.25, 0.3) is 5.91 Å². The fourth-order valence-electron chi connectivity index (χ4n) is 1.97. The zero-order valence-electron chi connectivity index (χ0n) is 10.7. The SMILES string of the molecule is Cc1cc(C(=O)N2CCOC(C(=O)O)C2)c(Cl)cc1F. The normalized spacial score (nSPS) is 18.9. The molecule has 1 aromatic carbocycles. The molecule has 1 amide bonds. The number of ether oxygens (including phenoxy) is 1. The predicted molar refractivity (Wildman–Crippen MR) is 69.4 cm³/mol. The number of carbonyl (C=O) groups excluding carboxylic acids is 1. The van der Waals surface area contributed by atoms with Crippen LogP contribution in [-0.4, -0.2) is 47.7 Å². The fourth-order valence-corrected chi connectivity index (χ4v) is 2.21. The summed E-state index contributed by atoms with van der Waals surface area (Å²) in [5, 5.41) is 8.92. The summed E-state index contributed by atoms with van der Waals surface area (Å²) in [5.41, 5.74) is 0.470. The largest absolute Gasteiger partial charge is 0.479 e. The molecule has 1 aliphatic heterocycles. The number of carboxylic acids is 1. The second kappa shape index (κ2) is 5.76. The molecule has 1 atom stereocenters. The van der Waals surface area contributed by atoms with Crippen LogP contribution >= 0.6 is 11.6 Å². The summed E-state index contributed by atoms with van der Waals surface area (Å²) in [7, 11) is 0. The highest BCUT2D eigenvalue weighted by Crippen LogP contribution is 2.22. The smallest absolute Gasteiger partial charge is 0.334 e. The maximum atomic E-state index is 13.3. The van der Waals surface area contributed by atoms with E-state index in [1.54, 1.807) is 0 Å². The Balaban J connectivity index is 2.23. The van der Waals surface area contributed by atoms with E-state index in [0.717, 1.165) is 6.07 Å². The molecule has 5 nitrogen and oxygen atoms in total. The highest BCUT2D eigenvalue weighted by atomic mass is 35.5. The number of carboxylic acid groups (broad SMARTS) is 1. The lowest BCUT2D eigenvalue weighted by Crippen LogP contribution is -2.48. The first-order valence-corrected chi connectivity index (χ1v) is 6.37. The fraction of sp³-hybridized carbons (Fsp3) is 0.385. The summed E-state index contributed by atoms with van der Waals surface area (Å²) < 4.78 is 18.4. The van der Waals surface area contributed by atoms with Gasteiger partial charge in [0.1, 0.15) is 5.82 Å². The first-order valence-electron chi connectivity index (χ1n) is 5.99. The van der Waals surface area contributed by atoms with Crippen LogP contribution in [0, 0.1) is 12.7 Å². The van der Waals surface area contributed by atoms with E-state index in [1.807, 2.05) is 0 Å². The van der Waals surface area contributed by atoms with E-state index < -0.39 is 23.8 Å². The van der Waals surface area contributed by atoms with Gasteiger partial charge in [-0.05, 0) is 24.6 Å². The average Bonchev–Trinajstić information content (AvgIpc) is 2.42. The molecule has 1 unspecified atom stereocenters. The van der Waals surface area contributed by atoms with Crippen molar-refractivity contribution in [2.75, 3.05) is 19.7 Å². The highest BCUT2D eigenvalue weighted by molar-refractivity contribution is 6.33. The summed E-state index contributed by atoms with van der Waals surface area (Å²) in [5.74, 6) is -2.03. The second-order valence-corrected chi connectivity index (χ2v) is 4.94. The zero-order chi connectivity index (χ0) is 14.9. The number of amides is 1. The topological polar surface area (TPSA) is 66.8 Å². The molecule has 1 N–H and O–H groups in total. The minimum atomic E-state index is -1.12. The van der Waals surface area contributed by atoms with Gasteiger partial charge in [0.2, 0.25) is 0 Å². The Hall–Kier alpha value is -1.66. The quantitative estimate of drug-likeness (QED) is 0.903. The van der Waals surface area contributed by atoms with Crippen LogP contribution in [0.5, 0.6) is 0 Å². The summed E-state index contributed by atoms with van der Waals surface area (Å²) in [6, 6.07) is 2.45. The third-order valence-corrected chi connectivity index (χ3v) is 3.42. The van der Waals surface area contributed by atoms with Gasteiger partial charge in [-0.15, -0.1) is 0 Å². The van der Waals surface area contributed by atoms with Crippen LogP contribution in [0.25, 0.3) is 0 Å². The lowest BCUT2D eigenvalue weighted by Gasteiger charge is -2.31. The summed E-state index contributed by atoms with van der Waals surface area (Å²) in [6.07, 6.45) is -1.05. The monoisotopic (exact) mass is 301 g/mol. The summed E-state index contributed by atoms with van der Waals surface area (Å²) >= 11 is 5.88. The van der Waals surface area contributed by atoms with Crippen molar-refractivity contribution in [3.63, 3.8) is 0 Å². The molecule has 1 heterocycles.